The summed E-state index contributed by atoms with van der Waals surface area (Å²) in [7, 11) is 0. The Morgan fingerprint density at radius 1 is 1.29 bits per heavy atom. The van der Waals surface area contributed by atoms with Crippen LogP contribution in [0, 0.1) is 11.2 Å². The van der Waals surface area contributed by atoms with Crippen LogP contribution in [0.25, 0.3) is 0 Å². The molecular formula is C15H19FN2O3. The largest absolute Gasteiger partial charge is 0.481 e. The molecule has 0 radical (unpaired) electrons. The predicted molar refractivity (Wildman–Crippen MR) is 76.6 cm³/mol. The number of carboxylic acid groups (broad SMARTS) is 1. The van der Waals surface area contributed by atoms with Gasteiger partial charge < -0.3 is 16.2 Å². The first-order valence-electron chi connectivity index (χ1n) is 7.01. The van der Waals surface area contributed by atoms with E-state index in [1.165, 1.54) is 12.1 Å². The van der Waals surface area contributed by atoms with E-state index in [4.69, 9.17) is 5.73 Å². The third kappa shape index (κ3) is 3.32. The highest BCUT2D eigenvalue weighted by Gasteiger charge is 2.39. The Morgan fingerprint density at radius 3 is 2.48 bits per heavy atom. The molecule has 6 heteroatoms. The van der Waals surface area contributed by atoms with Crippen LogP contribution in [-0.4, -0.2) is 23.5 Å². The first kappa shape index (κ1) is 15.3. The van der Waals surface area contributed by atoms with E-state index < -0.39 is 23.1 Å². The molecule has 1 aromatic carbocycles. The van der Waals surface area contributed by atoms with Crippen molar-refractivity contribution in [3.63, 3.8) is 0 Å². The molecule has 0 bridgehead atoms. The van der Waals surface area contributed by atoms with E-state index in [0.717, 1.165) is 25.3 Å². The number of rotatable bonds is 5. The molecule has 1 saturated carbocycles. The van der Waals surface area contributed by atoms with Crippen LogP contribution in [0.3, 0.4) is 0 Å². The molecular weight excluding hydrogens is 275 g/mol. The summed E-state index contributed by atoms with van der Waals surface area (Å²) in [6.07, 6.45) is 3.97. The van der Waals surface area contributed by atoms with E-state index in [2.05, 4.69) is 5.32 Å². The second-order valence-corrected chi connectivity index (χ2v) is 5.56. The number of benzene rings is 1. The molecule has 5 nitrogen and oxygen atoms in total. The monoisotopic (exact) mass is 294 g/mol. The van der Waals surface area contributed by atoms with Crippen molar-refractivity contribution in [2.24, 2.45) is 11.1 Å². The molecule has 0 spiro atoms. The summed E-state index contributed by atoms with van der Waals surface area (Å²) in [5.74, 6) is -2.15. The lowest BCUT2D eigenvalue weighted by atomic mass is 9.74. The Morgan fingerprint density at radius 2 is 1.95 bits per heavy atom. The number of carbonyl (C=O) groups excluding carboxylic acids is 1. The molecule has 1 aliphatic carbocycles. The smallest absolute Gasteiger partial charge is 0.311 e. The van der Waals surface area contributed by atoms with Crippen molar-refractivity contribution in [2.45, 2.75) is 32.1 Å². The molecule has 114 valence electrons. The topological polar surface area (TPSA) is 92.4 Å². The van der Waals surface area contributed by atoms with Crippen LogP contribution in [0.2, 0.25) is 0 Å². The lowest BCUT2D eigenvalue weighted by Gasteiger charge is -2.33. The number of nitrogens with one attached hydrogen (secondary N) is 1. The van der Waals surface area contributed by atoms with Crippen molar-refractivity contribution < 1.29 is 19.1 Å². The Labute approximate surface area is 122 Å². The van der Waals surface area contributed by atoms with E-state index in [-0.39, 0.29) is 17.8 Å². The molecule has 21 heavy (non-hydrogen) atoms. The van der Waals surface area contributed by atoms with Crippen LogP contribution >= 0.6 is 0 Å². The quantitative estimate of drug-likeness (QED) is 0.777. The lowest BCUT2D eigenvalue weighted by molar-refractivity contribution is -0.150. The number of primary amides is 1. The zero-order valence-electron chi connectivity index (χ0n) is 11.7. The van der Waals surface area contributed by atoms with Crippen molar-refractivity contribution >= 4 is 17.6 Å². The van der Waals surface area contributed by atoms with E-state index in [0.29, 0.717) is 12.8 Å². The summed E-state index contributed by atoms with van der Waals surface area (Å²) in [6.45, 7) is 0.176. The molecule has 2 rings (SSSR count). The molecule has 0 heterocycles. The van der Waals surface area contributed by atoms with Gasteiger partial charge in [-0.05, 0) is 31.0 Å². The van der Waals surface area contributed by atoms with Gasteiger partial charge in [-0.2, -0.15) is 0 Å². The Kier molecular flexibility index (Phi) is 4.45. The van der Waals surface area contributed by atoms with Gasteiger partial charge in [0, 0.05) is 12.1 Å². The van der Waals surface area contributed by atoms with Gasteiger partial charge in [-0.15, -0.1) is 0 Å². The number of amides is 1. The highest BCUT2D eigenvalue weighted by atomic mass is 19.1. The fourth-order valence-electron chi connectivity index (χ4n) is 2.77. The Hall–Kier alpha value is -2.11. The standard InChI is InChI=1S/C15H19FN2O3/c16-11-8-10(13(17)19)4-5-12(11)18-9-15(14(20)21)6-2-1-3-7-15/h4-5,8,18H,1-3,6-7,9H2,(H2,17,19)(H,20,21). The average Bonchev–Trinajstić information content (AvgIpc) is 2.46. The highest BCUT2D eigenvalue weighted by molar-refractivity contribution is 5.93. The maximum Gasteiger partial charge on any atom is 0.311 e. The van der Waals surface area contributed by atoms with Crippen LogP contribution in [0.1, 0.15) is 42.5 Å². The van der Waals surface area contributed by atoms with Crippen molar-refractivity contribution in [1.82, 2.24) is 0 Å². The number of aliphatic carboxylic acids is 1. The van der Waals surface area contributed by atoms with Gasteiger partial charge in [0.05, 0.1) is 11.1 Å². The minimum Gasteiger partial charge on any atom is -0.481 e. The van der Waals surface area contributed by atoms with E-state index in [1.54, 1.807) is 0 Å². The molecule has 0 aliphatic heterocycles. The van der Waals surface area contributed by atoms with Gasteiger partial charge in [0.15, 0.2) is 0 Å². The van der Waals surface area contributed by atoms with Gasteiger partial charge in [-0.25, -0.2) is 4.39 Å². The van der Waals surface area contributed by atoms with E-state index >= 15 is 0 Å². The molecule has 1 amide bonds. The molecule has 1 aliphatic rings. The number of anilines is 1. The molecule has 1 fully saturated rings. The first-order valence-corrected chi connectivity index (χ1v) is 7.01. The highest BCUT2D eigenvalue weighted by Crippen LogP contribution is 2.37. The maximum absolute atomic E-state index is 13.9. The summed E-state index contributed by atoms with van der Waals surface area (Å²) in [5, 5.41) is 12.3. The average molecular weight is 294 g/mol. The summed E-state index contributed by atoms with van der Waals surface area (Å²) in [5.41, 5.74) is 4.51. The maximum atomic E-state index is 13.9. The third-order valence-electron chi connectivity index (χ3n) is 4.14. The van der Waals surface area contributed by atoms with Gasteiger partial charge in [0.25, 0.3) is 0 Å². The number of hydrogen-bond acceptors (Lipinski definition) is 3. The van der Waals surface area contributed by atoms with Gasteiger partial charge in [-0.1, -0.05) is 19.3 Å². The van der Waals surface area contributed by atoms with Crippen LogP contribution in [0.15, 0.2) is 18.2 Å². The zero-order valence-corrected chi connectivity index (χ0v) is 11.7. The molecule has 1 aromatic rings. The van der Waals surface area contributed by atoms with Crippen molar-refractivity contribution in [1.29, 1.82) is 0 Å². The van der Waals surface area contributed by atoms with Crippen molar-refractivity contribution in [3.05, 3.63) is 29.6 Å². The van der Waals surface area contributed by atoms with Crippen LogP contribution in [0.4, 0.5) is 10.1 Å². The summed E-state index contributed by atoms with van der Waals surface area (Å²) < 4.78 is 13.9. The fraction of sp³-hybridized carbons (Fsp3) is 0.467. The van der Waals surface area contributed by atoms with E-state index in [1.807, 2.05) is 0 Å². The third-order valence-corrected chi connectivity index (χ3v) is 4.14. The number of carbonyl (C=O) groups is 2. The lowest BCUT2D eigenvalue weighted by Crippen LogP contribution is -2.39. The molecule has 4 N–H and O–H groups in total. The predicted octanol–water partition coefficient (Wildman–Crippen LogP) is 2.37. The van der Waals surface area contributed by atoms with Crippen LogP contribution < -0.4 is 11.1 Å². The Balaban J connectivity index is 2.11. The van der Waals surface area contributed by atoms with Gasteiger partial charge >= 0.3 is 5.97 Å². The van der Waals surface area contributed by atoms with Gasteiger partial charge in [0.1, 0.15) is 5.82 Å². The first-order chi connectivity index (χ1) is 9.94. The fourth-order valence-corrected chi connectivity index (χ4v) is 2.77. The van der Waals surface area contributed by atoms with Gasteiger partial charge in [0.2, 0.25) is 5.91 Å². The van der Waals surface area contributed by atoms with E-state index in [9.17, 15) is 19.1 Å². The normalized spacial score (nSPS) is 17.2. The second-order valence-electron chi connectivity index (χ2n) is 5.56. The summed E-state index contributed by atoms with van der Waals surface area (Å²) in [4.78, 5) is 22.5. The minimum absolute atomic E-state index is 0.0867. The second kappa shape index (κ2) is 6.11. The molecule has 0 aromatic heterocycles. The summed E-state index contributed by atoms with van der Waals surface area (Å²) in [6, 6.07) is 3.88. The molecule has 0 atom stereocenters. The number of hydrogen-bond donors (Lipinski definition) is 3. The SMILES string of the molecule is NC(=O)c1ccc(NCC2(C(=O)O)CCCCC2)c(F)c1. The zero-order chi connectivity index (χ0) is 15.5. The van der Waals surface area contributed by atoms with Crippen molar-refractivity contribution in [3.8, 4) is 0 Å². The molecule has 0 unspecified atom stereocenters. The van der Waals surface area contributed by atoms with Gasteiger partial charge in [-0.3, -0.25) is 9.59 Å². The van der Waals surface area contributed by atoms with Crippen LogP contribution in [0.5, 0.6) is 0 Å². The van der Waals surface area contributed by atoms with Crippen LogP contribution in [-0.2, 0) is 4.79 Å². The molecule has 0 saturated heterocycles. The Bertz CT molecular complexity index is 554. The van der Waals surface area contributed by atoms with Crippen molar-refractivity contribution in [2.75, 3.05) is 11.9 Å². The summed E-state index contributed by atoms with van der Waals surface area (Å²) >= 11 is 0. The number of carboxylic acids is 1. The number of nitrogens with two attached hydrogens (primary N) is 1. The number of halogens is 1. The minimum atomic E-state index is -0.844.